The predicted molar refractivity (Wildman–Crippen MR) is 135 cm³/mol. The van der Waals surface area contributed by atoms with Crippen LogP contribution in [0.4, 0.5) is 0 Å². The van der Waals surface area contributed by atoms with Gasteiger partial charge in [0.25, 0.3) is 5.56 Å². The number of hydrogen-bond donors (Lipinski definition) is 1. The van der Waals surface area contributed by atoms with Crippen molar-refractivity contribution in [3.8, 4) is 0 Å². The van der Waals surface area contributed by atoms with Crippen LogP contribution in [0.2, 0.25) is 0 Å². The molecule has 3 aromatic heterocycles. The maximum absolute atomic E-state index is 13.1. The third kappa shape index (κ3) is 5.66. The number of aromatic nitrogens is 5. The van der Waals surface area contributed by atoms with Crippen molar-refractivity contribution in [1.29, 1.82) is 0 Å². The molecule has 0 unspecified atom stereocenters. The first-order valence-corrected chi connectivity index (χ1v) is 12.6. The minimum Gasteiger partial charge on any atom is -0.465 e. The molecule has 0 aliphatic rings. The van der Waals surface area contributed by atoms with Crippen LogP contribution in [0, 0.1) is 13.8 Å². The fourth-order valence-corrected chi connectivity index (χ4v) is 5.16. The van der Waals surface area contributed by atoms with Crippen LogP contribution in [0.15, 0.2) is 40.5 Å². The molecule has 4 rings (SSSR count). The van der Waals surface area contributed by atoms with Gasteiger partial charge in [0.2, 0.25) is 0 Å². The number of esters is 1. The largest absolute Gasteiger partial charge is 0.465 e. The first kappa shape index (κ1) is 24.7. The van der Waals surface area contributed by atoms with Gasteiger partial charge in [0.05, 0.1) is 12.6 Å². The number of hydrogen-bond acceptors (Lipinski definition) is 8. The molecule has 0 radical (unpaired) electrons. The first-order valence-electron chi connectivity index (χ1n) is 11.7. The van der Waals surface area contributed by atoms with Crippen LogP contribution < -0.4 is 5.56 Å². The molecule has 0 fully saturated rings. The molecule has 0 saturated carbocycles. The van der Waals surface area contributed by atoms with Crippen molar-refractivity contribution in [2.45, 2.75) is 59.8 Å². The molecule has 0 bridgehead atoms. The van der Waals surface area contributed by atoms with Crippen LogP contribution in [0.25, 0.3) is 10.9 Å². The summed E-state index contributed by atoms with van der Waals surface area (Å²) in [5, 5.41) is 15.2. The van der Waals surface area contributed by atoms with Crippen LogP contribution in [-0.2, 0) is 29.2 Å². The maximum atomic E-state index is 13.1. The Bertz CT molecular complexity index is 1360. The van der Waals surface area contributed by atoms with Crippen molar-refractivity contribution in [1.82, 2.24) is 30.1 Å². The molecule has 0 aliphatic carbocycles. The summed E-state index contributed by atoms with van der Waals surface area (Å²) < 4.78 is 6.58. The number of benzene rings is 1. The van der Waals surface area contributed by atoms with E-state index in [1.165, 1.54) is 4.68 Å². The van der Waals surface area contributed by atoms with E-state index in [4.69, 9.17) is 4.74 Å². The number of ether oxygens (including phenoxy) is 1. The summed E-state index contributed by atoms with van der Waals surface area (Å²) >= 11 is 1.66. The van der Waals surface area contributed by atoms with Gasteiger partial charge in [-0.1, -0.05) is 19.1 Å². The van der Waals surface area contributed by atoms with Crippen molar-refractivity contribution < 1.29 is 9.53 Å². The Balaban J connectivity index is 1.71. The Morgan fingerprint density at radius 1 is 1.23 bits per heavy atom. The summed E-state index contributed by atoms with van der Waals surface area (Å²) in [6, 6.07) is 9.97. The van der Waals surface area contributed by atoms with Crippen molar-refractivity contribution >= 4 is 28.2 Å². The minimum atomic E-state index is -0.391. The highest BCUT2D eigenvalue weighted by Crippen LogP contribution is 2.28. The Hall–Kier alpha value is -3.37. The van der Waals surface area contributed by atoms with E-state index in [0.29, 0.717) is 37.5 Å². The number of pyridine rings is 1. The highest BCUT2D eigenvalue weighted by Gasteiger charge is 2.27. The van der Waals surface area contributed by atoms with Crippen LogP contribution in [-0.4, -0.2) is 42.7 Å². The summed E-state index contributed by atoms with van der Waals surface area (Å²) in [6.07, 6.45) is 0.693. The lowest BCUT2D eigenvalue weighted by atomic mass is 10.0. The average molecular weight is 495 g/mol. The van der Waals surface area contributed by atoms with E-state index in [9.17, 15) is 9.59 Å². The van der Waals surface area contributed by atoms with Gasteiger partial charge >= 0.3 is 5.97 Å². The first-order chi connectivity index (χ1) is 16.9. The van der Waals surface area contributed by atoms with Gasteiger partial charge in [0.15, 0.2) is 5.82 Å². The molecule has 184 valence electrons. The summed E-state index contributed by atoms with van der Waals surface area (Å²) in [7, 11) is 0. The number of fused-ring (bicyclic) bond motifs is 1. The molecule has 0 spiro atoms. The number of carbonyl (C=O) groups excluding carboxylic acids is 1. The lowest BCUT2D eigenvalue weighted by Gasteiger charge is -2.29. The maximum Gasteiger partial charge on any atom is 0.327 e. The number of aryl methyl sites for hydroxylation is 2. The molecule has 35 heavy (non-hydrogen) atoms. The molecule has 1 aromatic carbocycles. The third-order valence-electron chi connectivity index (χ3n) is 5.97. The molecule has 10 heteroatoms. The Morgan fingerprint density at radius 2 is 2.06 bits per heavy atom. The number of rotatable bonds is 10. The lowest BCUT2D eigenvalue weighted by Crippen LogP contribution is -2.32. The average Bonchev–Trinajstić information content (AvgIpc) is 3.48. The van der Waals surface area contributed by atoms with Gasteiger partial charge in [0, 0.05) is 34.4 Å². The van der Waals surface area contributed by atoms with Crippen LogP contribution >= 0.6 is 11.3 Å². The highest BCUT2D eigenvalue weighted by molar-refractivity contribution is 7.09. The van der Waals surface area contributed by atoms with Crippen molar-refractivity contribution in [3.05, 3.63) is 73.5 Å². The van der Waals surface area contributed by atoms with E-state index in [0.717, 1.165) is 26.9 Å². The smallest absolute Gasteiger partial charge is 0.327 e. The number of carbonyl (C=O) groups is 1. The Labute approximate surface area is 207 Å². The van der Waals surface area contributed by atoms with Crippen molar-refractivity contribution in [2.24, 2.45) is 0 Å². The van der Waals surface area contributed by atoms with E-state index >= 15 is 0 Å². The SMILES string of the molecule is CCOC(=O)Cn1nnnc1[C@@H](CC)N(Cc1cccs1)Cc1cc2c(C)cc(C)cc2[nH]c1=O. The van der Waals surface area contributed by atoms with Gasteiger partial charge in [0.1, 0.15) is 6.54 Å². The number of H-pyrrole nitrogens is 1. The molecular formula is C25H30N6O3S. The van der Waals surface area contributed by atoms with Crippen LogP contribution in [0.5, 0.6) is 0 Å². The van der Waals surface area contributed by atoms with E-state index in [1.807, 2.05) is 37.4 Å². The standard InChI is InChI=1S/C25H30N6O3S/c1-5-22(24-27-28-29-31(24)15-23(32)34-6-2)30(14-19-8-7-9-35-19)13-18-12-20-17(4)10-16(3)11-21(20)26-25(18)33/h7-12,22H,5-6,13-15H2,1-4H3,(H,26,33)/t22-/m1/s1. The van der Waals surface area contributed by atoms with Gasteiger partial charge in [-0.05, 0) is 72.3 Å². The van der Waals surface area contributed by atoms with Gasteiger partial charge in [-0.3, -0.25) is 14.5 Å². The highest BCUT2D eigenvalue weighted by atomic mass is 32.1. The van der Waals surface area contributed by atoms with E-state index < -0.39 is 5.97 Å². The monoisotopic (exact) mass is 494 g/mol. The van der Waals surface area contributed by atoms with Gasteiger partial charge in [-0.25, -0.2) is 4.68 Å². The number of thiophene rings is 1. The molecule has 1 atom stereocenters. The van der Waals surface area contributed by atoms with Gasteiger partial charge in [-0.15, -0.1) is 16.4 Å². The molecule has 9 nitrogen and oxygen atoms in total. The zero-order valence-electron chi connectivity index (χ0n) is 20.4. The summed E-state index contributed by atoms with van der Waals surface area (Å²) in [5.41, 5.74) is 3.62. The van der Waals surface area contributed by atoms with Gasteiger partial charge in [-0.2, -0.15) is 0 Å². The second kappa shape index (κ2) is 10.9. The number of nitrogens with one attached hydrogen (secondary N) is 1. The fraction of sp³-hybridized carbons (Fsp3) is 0.400. The molecule has 0 saturated heterocycles. The topological polar surface area (TPSA) is 106 Å². The van der Waals surface area contributed by atoms with E-state index in [2.05, 4.69) is 44.5 Å². The second-order valence-corrected chi connectivity index (χ2v) is 9.61. The third-order valence-corrected chi connectivity index (χ3v) is 6.83. The molecule has 4 aromatic rings. The lowest BCUT2D eigenvalue weighted by molar-refractivity contribution is -0.144. The Morgan fingerprint density at radius 3 is 2.77 bits per heavy atom. The zero-order chi connectivity index (χ0) is 24.9. The number of nitrogens with zero attached hydrogens (tertiary/aromatic N) is 5. The van der Waals surface area contributed by atoms with E-state index in [-0.39, 0.29) is 18.1 Å². The van der Waals surface area contributed by atoms with Crippen LogP contribution in [0.1, 0.15) is 53.7 Å². The summed E-state index contributed by atoms with van der Waals surface area (Å²) in [5.74, 6) is 0.179. The molecular weight excluding hydrogens is 464 g/mol. The predicted octanol–water partition coefficient (Wildman–Crippen LogP) is 3.91. The second-order valence-electron chi connectivity index (χ2n) is 8.57. The van der Waals surface area contributed by atoms with Gasteiger partial charge < -0.3 is 9.72 Å². The number of aromatic amines is 1. The van der Waals surface area contributed by atoms with Crippen molar-refractivity contribution in [2.75, 3.05) is 6.61 Å². The van der Waals surface area contributed by atoms with Crippen molar-refractivity contribution in [3.63, 3.8) is 0 Å². The van der Waals surface area contributed by atoms with Crippen LogP contribution in [0.3, 0.4) is 0 Å². The minimum absolute atomic E-state index is 0.0609. The molecule has 1 N–H and O–H groups in total. The fourth-order valence-electron chi connectivity index (χ4n) is 4.43. The van der Waals surface area contributed by atoms with E-state index in [1.54, 1.807) is 18.3 Å². The summed E-state index contributed by atoms with van der Waals surface area (Å²) in [4.78, 5) is 31.6. The Kier molecular flexibility index (Phi) is 7.72. The molecule has 0 aliphatic heterocycles. The normalized spacial score (nSPS) is 12.4. The number of tetrazole rings is 1. The summed E-state index contributed by atoms with van der Waals surface area (Å²) in [6.45, 7) is 9.14. The molecule has 0 amide bonds. The molecule has 3 heterocycles. The zero-order valence-corrected chi connectivity index (χ0v) is 21.3. The quantitative estimate of drug-likeness (QED) is 0.333.